The van der Waals surface area contributed by atoms with Crippen molar-refractivity contribution in [3.05, 3.63) is 0 Å². The second kappa shape index (κ2) is 7.25. The Bertz CT molecular complexity index is 962. The summed E-state index contributed by atoms with van der Waals surface area (Å²) in [5.41, 5.74) is -7.52. The molecule has 0 aliphatic heterocycles. The van der Waals surface area contributed by atoms with E-state index in [1.54, 1.807) is 13.8 Å². The number of rotatable bonds is 3. The minimum absolute atomic E-state index is 0.122. The van der Waals surface area contributed by atoms with E-state index in [1.165, 1.54) is 6.92 Å². The van der Waals surface area contributed by atoms with Gasteiger partial charge in [0, 0.05) is 24.2 Å². The van der Waals surface area contributed by atoms with Crippen molar-refractivity contribution in [2.75, 3.05) is 6.61 Å². The molecule has 0 saturated heterocycles. The number of aliphatic hydroxyl groups excluding tert-OH is 1. The Morgan fingerprint density at radius 3 is 2.39 bits per heavy atom. The molecule has 4 rings (SSSR count). The predicted molar refractivity (Wildman–Crippen MR) is 110 cm³/mol. The lowest BCUT2D eigenvalue weighted by Crippen LogP contribution is -2.74. The minimum atomic E-state index is -2.47. The van der Waals surface area contributed by atoms with Gasteiger partial charge in [-0.25, -0.2) is 4.39 Å². The number of Topliss-reactive ketones (excluding diaryl/α,β-unsaturated/α-hetero) is 4. The maximum atomic E-state index is 17.2. The molecule has 0 aromatic rings. The first-order valence-electron chi connectivity index (χ1n) is 11.5. The topological polar surface area (TPSA) is 135 Å². The molecule has 182 valence electrons. The summed E-state index contributed by atoms with van der Waals surface area (Å²) in [6.07, 6.45) is -2.20. The molecule has 0 amide bonds. The molecule has 0 bridgehead atoms. The number of ether oxygens (including phenoxy) is 1. The number of fused-ring (bicyclic) bond motifs is 5. The zero-order valence-electron chi connectivity index (χ0n) is 19.4. The molecule has 9 heteroatoms. The molecule has 8 nitrogen and oxygen atoms in total. The van der Waals surface area contributed by atoms with E-state index in [0.29, 0.717) is 0 Å². The van der Waals surface area contributed by atoms with Crippen LogP contribution in [0.4, 0.5) is 4.39 Å². The third kappa shape index (κ3) is 2.72. The van der Waals surface area contributed by atoms with Crippen LogP contribution in [-0.4, -0.2) is 63.3 Å². The summed E-state index contributed by atoms with van der Waals surface area (Å²) in [6.45, 7) is 5.17. The molecule has 4 fully saturated rings. The maximum absolute atomic E-state index is 17.2. The van der Waals surface area contributed by atoms with E-state index in [-0.39, 0.29) is 25.7 Å². The predicted octanol–water partition coefficient (Wildman–Crippen LogP) is 1.13. The van der Waals surface area contributed by atoms with Crippen molar-refractivity contribution in [1.82, 2.24) is 0 Å². The van der Waals surface area contributed by atoms with E-state index >= 15 is 4.39 Å². The van der Waals surface area contributed by atoms with Gasteiger partial charge in [0.15, 0.2) is 18.1 Å². The van der Waals surface area contributed by atoms with Gasteiger partial charge in [-0.15, -0.1) is 0 Å². The summed E-state index contributed by atoms with van der Waals surface area (Å²) in [6, 6.07) is 0. The first-order valence-corrected chi connectivity index (χ1v) is 11.5. The highest BCUT2D eigenvalue weighted by Gasteiger charge is 2.78. The molecule has 0 heterocycles. The van der Waals surface area contributed by atoms with Crippen LogP contribution in [-0.2, 0) is 28.7 Å². The number of carbonyl (C=O) groups is 5. The lowest BCUT2D eigenvalue weighted by Gasteiger charge is -2.63. The Labute approximate surface area is 191 Å². The Balaban J connectivity index is 1.78. The van der Waals surface area contributed by atoms with Crippen LogP contribution in [0.25, 0.3) is 0 Å². The number of halogens is 1. The Hall–Kier alpha value is -2.00. The molecular weight excluding hydrogens is 435 g/mol. The standard InChI is InChI=1S/C24H31FO8/c1-11-7-15-13-5-6-14-20(31)16(27)8-17(28)22(14,4)23(13,25)18(29)9-21(15,3)24(11,32)19(30)10-33-12(2)26/h11,13-15,18,29,32H,5-10H2,1-4H3/t11?,13-,14?,15-,18?,21-,22+,23-,24-/m0/s1. The van der Waals surface area contributed by atoms with Crippen LogP contribution in [0, 0.1) is 34.5 Å². The number of hydrogen-bond acceptors (Lipinski definition) is 8. The van der Waals surface area contributed by atoms with Gasteiger partial charge in [-0.1, -0.05) is 13.8 Å². The van der Waals surface area contributed by atoms with Crippen molar-refractivity contribution >= 4 is 29.1 Å². The molecular formula is C24H31FO8. The van der Waals surface area contributed by atoms with Crippen molar-refractivity contribution in [2.45, 2.75) is 77.2 Å². The smallest absolute Gasteiger partial charge is 0.303 e. The summed E-state index contributed by atoms with van der Waals surface area (Å²) in [7, 11) is 0. The summed E-state index contributed by atoms with van der Waals surface area (Å²) >= 11 is 0. The molecule has 4 aliphatic carbocycles. The third-order valence-electron chi connectivity index (χ3n) is 9.72. The molecule has 3 unspecified atom stereocenters. The van der Waals surface area contributed by atoms with Crippen molar-refractivity contribution in [3.63, 3.8) is 0 Å². The highest BCUT2D eigenvalue weighted by Crippen LogP contribution is 2.71. The third-order valence-corrected chi connectivity index (χ3v) is 9.72. The van der Waals surface area contributed by atoms with E-state index in [4.69, 9.17) is 4.74 Å². The molecule has 0 spiro atoms. The van der Waals surface area contributed by atoms with E-state index in [0.717, 1.165) is 6.92 Å². The Morgan fingerprint density at radius 1 is 1.15 bits per heavy atom. The highest BCUT2D eigenvalue weighted by atomic mass is 19.1. The van der Waals surface area contributed by atoms with Crippen molar-refractivity contribution in [2.24, 2.45) is 34.5 Å². The SMILES string of the molecule is CC(=O)OCC(=O)[C@@]1(O)C(C)C[C@H]2[C@@H]3CCC4C(=O)C(=O)CC(=O)[C@]4(C)[C@@]3(F)C(O)C[C@@]21C. The van der Waals surface area contributed by atoms with Crippen molar-refractivity contribution in [3.8, 4) is 0 Å². The van der Waals surface area contributed by atoms with E-state index < -0.39 is 94.0 Å². The van der Waals surface area contributed by atoms with E-state index in [9.17, 15) is 34.2 Å². The fraction of sp³-hybridized carbons (Fsp3) is 0.792. The molecule has 0 aromatic heterocycles. The minimum Gasteiger partial charge on any atom is -0.458 e. The van der Waals surface area contributed by atoms with E-state index in [1.807, 2.05) is 0 Å². The number of alkyl halides is 1. The average molecular weight is 467 g/mol. The first kappa shape index (κ1) is 24.1. The molecule has 0 aromatic carbocycles. The van der Waals surface area contributed by atoms with Crippen LogP contribution in [0.3, 0.4) is 0 Å². The summed E-state index contributed by atoms with van der Waals surface area (Å²) < 4.78 is 22.0. The summed E-state index contributed by atoms with van der Waals surface area (Å²) in [5.74, 6) is -6.84. The van der Waals surface area contributed by atoms with Crippen molar-refractivity contribution in [1.29, 1.82) is 0 Å². The normalized spacial score (nSPS) is 49.2. The molecule has 33 heavy (non-hydrogen) atoms. The molecule has 4 saturated carbocycles. The molecule has 2 N–H and O–H groups in total. The van der Waals surface area contributed by atoms with Crippen LogP contribution < -0.4 is 0 Å². The number of aliphatic hydroxyl groups is 2. The van der Waals surface area contributed by atoms with Crippen LogP contribution in [0.2, 0.25) is 0 Å². The molecule has 4 aliphatic rings. The van der Waals surface area contributed by atoms with Crippen LogP contribution in [0.5, 0.6) is 0 Å². The van der Waals surface area contributed by atoms with Gasteiger partial charge < -0.3 is 14.9 Å². The average Bonchev–Trinajstić information content (AvgIpc) is 2.93. The van der Waals surface area contributed by atoms with Gasteiger partial charge in [0.05, 0.1) is 17.9 Å². The van der Waals surface area contributed by atoms with E-state index in [2.05, 4.69) is 0 Å². The fourth-order valence-corrected chi connectivity index (χ4v) is 7.99. The lowest BCUT2D eigenvalue weighted by atomic mass is 9.41. The summed E-state index contributed by atoms with van der Waals surface area (Å²) in [4.78, 5) is 62.0. The Morgan fingerprint density at radius 2 is 1.79 bits per heavy atom. The number of ketones is 4. The van der Waals surface area contributed by atoms with Gasteiger partial charge in [-0.2, -0.15) is 0 Å². The van der Waals surface area contributed by atoms with Gasteiger partial charge in [0.1, 0.15) is 5.60 Å². The maximum Gasteiger partial charge on any atom is 0.303 e. The van der Waals surface area contributed by atoms with Crippen molar-refractivity contribution < 1.29 is 43.3 Å². The quantitative estimate of drug-likeness (QED) is 0.359. The second-order valence-electron chi connectivity index (χ2n) is 10.9. The van der Waals surface area contributed by atoms with Crippen LogP contribution in [0.1, 0.15) is 59.8 Å². The molecule has 0 radical (unpaired) electrons. The largest absolute Gasteiger partial charge is 0.458 e. The van der Waals surface area contributed by atoms with Gasteiger partial charge in [-0.3, -0.25) is 24.0 Å². The zero-order chi connectivity index (χ0) is 24.7. The number of esters is 1. The fourth-order valence-electron chi connectivity index (χ4n) is 7.99. The van der Waals surface area contributed by atoms with Gasteiger partial charge in [0.25, 0.3) is 0 Å². The summed E-state index contributed by atoms with van der Waals surface area (Å²) in [5, 5.41) is 22.9. The highest BCUT2D eigenvalue weighted by molar-refractivity contribution is 6.44. The first-order chi connectivity index (χ1) is 15.2. The zero-order valence-corrected chi connectivity index (χ0v) is 19.4. The second-order valence-corrected chi connectivity index (χ2v) is 10.9. The Kier molecular flexibility index (Phi) is 5.30. The number of carbonyl (C=O) groups excluding carboxylic acids is 5. The van der Waals surface area contributed by atoms with Crippen LogP contribution >= 0.6 is 0 Å². The van der Waals surface area contributed by atoms with Gasteiger partial charge >= 0.3 is 5.97 Å². The molecule has 9 atom stereocenters. The van der Waals surface area contributed by atoms with Crippen LogP contribution in [0.15, 0.2) is 0 Å². The van der Waals surface area contributed by atoms with Gasteiger partial charge in [-0.05, 0) is 44.4 Å². The lowest BCUT2D eigenvalue weighted by molar-refractivity contribution is -0.245. The van der Waals surface area contributed by atoms with Gasteiger partial charge in [0.2, 0.25) is 17.3 Å². The monoisotopic (exact) mass is 466 g/mol. The number of hydrogen-bond donors (Lipinski definition) is 2.